The largest absolute Gasteiger partial charge is 0.326 e. The SMILES string of the molecule is Cc1cc(CN2CC3CC2c2ccccc23)cc(C)c1NC(=O)CC(C)(C)C. The highest BCUT2D eigenvalue weighted by molar-refractivity contribution is 5.92. The van der Waals surface area contributed by atoms with E-state index in [0.29, 0.717) is 18.4 Å². The zero-order chi connectivity index (χ0) is 20.1. The van der Waals surface area contributed by atoms with Gasteiger partial charge in [-0.05, 0) is 59.4 Å². The Hall–Kier alpha value is -2.13. The molecule has 2 atom stereocenters. The molecule has 0 radical (unpaired) electrons. The average molecular weight is 377 g/mol. The van der Waals surface area contributed by atoms with Crippen LogP contribution >= 0.6 is 0 Å². The zero-order valence-corrected chi connectivity index (χ0v) is 17.8. The van der Waals surface area contributed by atoms with Crippen LogP contribution in [-0.4, -0.2) is 17.4 Å². The number of benzene rings is 2. The Labute approximate surface area is 169 Å². The Bertz CT molecular complexity index is 886. The summed E-state index contributed by atoms with van der Waals surface area (Å²) >= 11 is 0. The zero-order valence-electron chi connectivity index (χ0n) is 17.8. The lowest BCUT2D eigenvalue weighted by atomic mass is 9.91. The van der Waals surface area contributed by atoms with Gasteiger partial charge in [0.15, 0.2) is 0 Å². The number of hydrogen-bond donors (Lipinski definition) is 1. The number of amides is 1. The summed E-state index contributed by atoms with van der Waals surface area (Å²) in [6.45, 7) is 12.6. The van der Waals surface area contributed by atoms with Crippen molar-refractivity contribution < 1.29 is 4.79 Å². The first kappa shape index (κ1) is 19.2. The van der Waals surface area contributed by atoms with Gasteiger partial charge in [-0.1, -0.05) is 57.2 Å². The van der Waals surface area contributed by atoms with Crippen LogP contribution in [0.1, 0.15) is 73.4 Å². The Balaban J connectivity index is 1.48. The molecule has 3 heteroatoms. The lowest BCUT2D eigenvalue weighted by molar-refractivity contribution is -0.117. The van der Waals surface area contributed by atoms with Crippen LogP contribution in [0.5, 0.6) is 0 Å². The number of hydrogen-bond acceptors (Lipinski definition) is 2. The molecule has 2 bridgehead atoms. The van der Waals surface area contributed by atoms with Crippen molar-refractivity contribution in [2.45, 2.75) is 66.0 Å². The number of carbonyl (C=O) groups is 1. The molecule has 1 saturated heterocycles. The third-order valence-electron chi connectivity index (χ3n) is 6.13. The summed E-state index contributed by atoms with van der Waals surface area (Å²) < 4.78 is 0. The van der Waals surface area contributed by atoms with E-state index in [2.05, 4.69) is 81.2 Å². The van der Waals surface area contributed by atoms with Gasteiger partial charge in [0.2, 0.25) is 5.91 Å². The van der Waals surface area contributed by atoms with Crippen LogP contribution in [0.25, 0.3) is 0 Å². The van der Waals surface area contributed by atoms with E-state index in [-0.39, 0.29) is 11.3 Å². The molecule has 1 heterocycles. The van der Waals surface area contributed by atoms with Crippen molar-refractivity contribution >= 4 is 11.6 Å². The van der Waals surface area contributed by atoms with Crippen LogP contribution in [0.3, 0.4) is 0 Å². The second kappa shape index (κ2) is 7.04. The molecular formula is C25H32N2O. The molecule has 148 valence electrons. The van der Waals surface area contributed by atoms with E-state index in [1.165, 1.54) is 17.5 Å². The smallest absolute Gasteiger partial charge is 0.224 e. The van der Waals surface area contributed by atoms with Gasteiger partial charge in [0.05, 0.1) is 0 Å². The molecule has 1 fully saturated rings. The minimum Gasteiger partial charge on any atom is -0.326 e. The van der Waals surface area contributed by atoms with Gasteiger partial charge in [-0.3, -0.25) is 9.69 Å². The molecule has 1 N–H and O–H groups in total. The van der Waals surface area contributed by atoms with Gasteiger partial charge in [0.25, 0.3) is 0 Å². The van der Waals surface area contributed by atoms with Crippen LogP contribution < -0.4 is 5.32 Å². The van der Waals surface area contributed by atoms with Crippen molar-refractivity contribution in [2.24, 2.45) is 5.41 Å². The van der Waals surface area contributed by atoms with Crippen LogP contribution in [0.4, 0.5) is 5.69 Å². The topological polar surface area (TPSA) is 32.3 Å². The second-order valence-corrected chi connectivity index (χ2v) is 9.90. The molecule has 2 aliphatic rings. The Morgan fingerprint density at radius 3 is 2.39 bits per heavy atom. The molecule has 2 unspecified atom stereocenters. The minimum atomic E-state index is -0.00279. The molecule has 0 saturated carbocycles. The van der Waals surface area contributed by atoms with E-state index >= 15 is 0 Å². The summed E-state index contributed by atoms with van der Waals surface area (Å²) in [7, 11) is 0. The number of carbonyl (C=O) groups excluding carboxylic acids is 1. The molecule has 1 aliphatic heterocycles. The van der Waals surface area contributed by atoms with Gasteiger partial charge in [0.1, 0.15) is 0 Å². The van der Waals surface area contributed by atoms with Crippen molar-refractivity contribution in [1.29, 1.82) is 0 Å². The quantitative estimate of drug-likeness (QED) is 0.740. The monoisotopic (exact) mass is 376 g/mol. The summed E-state index contributed by atoms with van der Waals surface area (Å²) in [6.07, 6.45) is 1.79. The van der Waals surface area contributed by atoms with Gasteiger partial charge in [0, 0.05) is 31.2 Å². The third kappa shape index (κ3) is 3.73. The summed E-state index contributed by atoms with van der Waals surface area (Å²) in [6, 6.07) is 14.0. The maximum absolute atomic E-state index is 12.4. The first-order valence-electron chi connectivity index (χ1n) is 10.4. The average Bonchev–Trinajstić information content (AvgIpc) is 3.16. The predicted octanol–water partition coefficient (Wildman–Crippen LogP) is 5.72. The van der Waals surface area contributed by atoms with E-state index in [1.54, 1.807) is 5.56 Å². The molecule has 28 heavy (non-hydrogen) atoms. The summed E-state index contributed by atoms with van der Waals surface area (Å²) in [4.78, 5) is 15.0. The van der Waals surface area contributed by atoms with Crippen molar-refractivity contribution in [3.05, 3.63) is 64.2 Å². The number of rotatable bonds is 4. The summed E-state index contributed by atoms with van der Waals surface area (Å²) in [5.74, 6) is 0.791. The molecule has 0 aromatic heterocycles. The summed E-state index contributed by atoms with van der Waals surface area (Å²) in [5.41, 5.74) is 7.72. The van der Waals surface area contributed by atoms with Crippen molar-refractivity contribution in [3.63, 3.8) is 0 Å². The van der Waals surface area contributed by atoms with E-state index < -0.39 is 0 Å². The Kier molecular flexibility index (Phi) is 4.83. The van der Waals surface area contributed by atoms with Crippen molar-refractivity contribution in [1.82, 2.24) is 4.90 Å². The fourth-order valence-corrected chi connectivity index (χ4v) is 5.05. The van der Waals surface area contributed by atoms with Gasteiger partial charge in [-0.2, -0.15) is 0 Å². The lowest BCUT2D eigenvalue weighted by Gasteiger charge is -2.29. The highest BCUT2D eigenvalue weighted by atomic mass is 16.1. The van der Waals surface area contributed by atoms with Crippen LogP contribution in [0.2, 0.25) is 0 Å². The highest BCUT2D eigenvalue weighted by Gasteiger charge is 2.41. The Morgan fingerprint density at radius 1 is 1.11 bits per heavy atom. The van der Waals surface area contributed by atoms with E-state index in [1.807, 2.05) is 0 Å². The first-order valence-corrected chi connectivity index (χ1v) is 10.4. The van der Waals surface area contributed by atoms with Gasteiger partial charge < -0.3 is 5.32 Å². The number of likely N-dealkylation sites (tertiary alicyclic amines) is 1. The maximum atomic E-state index is 12.4. The molecule has 4 rings (SSSR count). The van der Waals surface area contributed by atoms with Gasteiger partial charge >= 0.3 is 0 Å². The molecule has 1 aliphatic carbocycles. The number of nitrogens with one attached hydrogen (secondary N) is 1. The molecule has 2 aromatic rings. The fourth-order valence-electron chi connectivity index (χ4n) is 5.05. The molecular weight excluding hydrogens is 344 g/mol. The third-order valence-corrected chi connectivity index (χ3v) is 6.13. The number of nitrogens with zero attached hydrogens (tertiary/aromatic N) is 1. The van der Waals surface area contributed by atoms with Gasteiger partial charge in [-0.15, -0.1) is 0 Å². The molecule has 3 nitrogen and oxygen atoms in total. The van der Waals surface area contributed by atoms with Crippen LogP contribution in [0, 0.1) is 19.3 Å². The normalized spacial score (nSPS) is 21.0. The lowest BCUT2D eigenvalue weighted by Crippen LogP contribution is -2.27. The first-order chi connectivity index (χ1) is 13.2. The second-order valence-electron chi connectivity index (χ2n) is 9.90. The van der Waals surface area contributed by atoms with Crippen molar-refractivity contribution in [2.75, 3.05) is 11.9 Å². The molecule has 1 amide bonds. The summed E-state index contributed by atoms with van der Waals surface area (Å²) in [5, 5.41) is 3.14. The number of anilines is 1. The highest BCUT2D eigenvalue weighted by Crippen LogP contribution is 2.50. The van der Waals surface area contributed by atoms with E-state index in [4.69, 9.17) is 0 Å². The number of aryl methyl sites for hydroxylation is 2. The maximum Gasteiger partial charge on any atom is 0.224 e. The van der Waals surface area contributed by atoms with E-state index in [9.17, 15) is 4.79 Å². The number of fused-ring (bicyclic) bond motifs is 5. The standard InChI is InChI=1S/C25H32N2O/c1-16-10-18(11-17(2)24(16)26-23(28)13-25(3,4)5)14-27-15-19-12-22(27)21-9-7-6-8-20(19)21/h6-11,19,22H,12-15H2,1-5H3,(H,26,28). The minimum absolute atomic E-state index is 0.00279. The molecule has 2 aromatic carbocycles. The fraction of sp³-hybridized carbons (Fsp3) is 0.480. The predicted molar refractivity (Wildman–Crippen MR) is 116 cm³/mol. The van der Waals surface area contributed by atoms with Crippen LogP contribution in [0.15, 0.2) is 36.4 Å². The van der Waals surface area contributed by atoms with Gasteiger partial charge in [-0.25, -0.2) is 0 Å². The molecule has 0 spiro atoms. The Morgan fingerprint density at radius 2 is 1.75 bits per heavy atom. The van der Waals surface area contributed by atoms with Crippen molar-refractivity contribution in [3.8, 4) is 0 Å². The van der Waals surface area contributed by atoms with E-state index in [0.717, 1.165) is 29.9 Å². The van der Waals surface area contributed by atoms with Crippen LogP contribution in [-0.2, 0) is 11.3 Å².